The fourth-order valence-electron chi connectivity index (χ4n) is 1.34. The number of aryl methyl sites for hydroxylation is 1. The van der Waals surface area contributed by atoms with E-state index in [1.54, 1.807) is 19.1 Å². The molecule has 4 nitrogen and oxygen atoms in total. The minimum absolute atomic E-state index is 0.191. The van der Waals surface area contributed by atoms with Gasteiger partial charge in [0.25, 0.3) is 0 Å². The number of nitrogens with one attached hydrogen (secondary N) is 1. The van der Waals surface area contributed by atoms with E-state index in [1.165, 1.54) is 35.2 Å². The molecular weight excluding hydrogens is 285 g/mol. The second kappa shape index (κ2) is 6.12. The Bertz CT molecular complexity index is 588. The molecule has 0 saturated heterocycles. The van der Waals surface area contributed by atoms with Gasteiger partial charge >= 0.3 is 0 Å². The van der Waals surface area contributed by atoms with E-state index in [0.29, 0.717) is 5.69 Å². The number of carbonyl (C=O) groups is 1. The SMILES string of the molecule is Cc1nnc(S[C@H](C)C(=O)Nc2cccc(F)c2)s1. The Morgan fingerprint density at radius 3 is 2.89 bits per heavy atom. The standard InChI is InChI=1S/C12H12FN3OS2/c1-7(18-12-16-15-8(2)19-12)11(17)14-10-5-3-4-9(13)6-10/h3-7H,1-2H3,(H,14,17)/t7-/m1/s1. The van der Waals surface area contributed by atoms with Crippen molar-refractivity contribution in [3.05, 3.63) is 35.1 Å². The molecule has 1 aromatic carbocycles. The predicted molar refractivity (Wildman–Crippen MR) is 75.0 cm³/mol. The van der Waals surface area contributed by atoms with Gasteiger partial charge in [-0.2, -0.15) is 0 Å². The average molecular weight is 297 g/mol. The summed E-state index contributed by atoms with van der Waals surface area (Å²) in [6.45, 7) is 3.63. The number of aromatic nitrogens is 2. The Morgan fingerprint density at radius 2 is 2.26 bits per heavy atom. The fourth-order valence-corrected chi connectivity index (χ4v) is 3.30. The van der Waals surface area contributed by atoms with Gasteiger partial charge in [-0.25, -0.2) is 4.39 Å². The van der Waals surface area contributed by atoms with E-state index in [0.717, 1.165) is 9.35 Å². The molecule has 100 valence electrons. The number of nitrogens with zero attached hydrogens (tertiary/aromatic N) is 2. The second-order valence-corrected chi connectivity index (χ2v) is 6.62. The van der Waals surface area contributed by atoms with Crippen LogP contribution in [0.25, 0.3) is 0 Å². The van der Waals surface area contributed by atoms with Crippen LogP contribution in [0.5, 0.6) is 0 Å². The quantitative estimate of drug-likeness (QED) is 0.881. The Morgan fingerprint density at radius 1 is 1.47 bits per heavy atom. The maximum Gasteiger partial charge on any atom is 0.237 e. The normalized spacial score (nSPS) is 12.2. The van der Waals surface area contributed by atoms with Crippen LogP contribution in [0, 0.1) is 12.7 Å². The number of carbonyl (C=O) groups excluding carboxylic acids is 1. The minimum atomic E-state index is -0.377. The lowest BCUT2D eigenvalue weighted by Gasteiger charge is -2.10. The molecule has 0 saturated carbocycles. The van der Waals surface area contributed by atoms with E-state index in [1.807, 2.05) is 6.92 Å². The van der Waals surface area contributed by atoms with Gasteiger partial charge in [0, 0.05) is 5.69 Å². The topological polar surface area (TPSA) is 54.9 Å². The third kappa shape index (κ3) is 4.00. The highest BCUT2D eigenvalue weighted by molar-refractivity contribution is 8.02. The largest absolute Gasteiger partial charge is 0.325 e. The van der Waals surface area contributed by atoms with Crippen molar-refractivity contribution < 1.29 is 9.18 Å². The Hall–Kier alpha value is -1.47. The average Bonchev–Trinajstić information content (AvgIpc) is 2.74. The van der Waals surface area contributed by atoms with Gasteiger partial charge in [0.05, 0.1) is 5.25 Å². The first-order valence-electron chi connectivity index (χ1n) is 5.58. The number of halogens is 1. The molecule has 0 aliphatic rings. The summed E-state index contributed by atoms with van der Waals surface area (Å²) in [5.74, 6) is -0.568. The number of rotatable bonds is 4. The maximum atomic E-state index is 13.0. The number of hydrogen-bond donors (Lipinski definition) is 1. The Balaban J connectivity index is 1.96. The fraction of sp³-hybridized carbons (Fsp3) is 0.250. The zero-order valence-electron chi connectivity index (χ0n) is 10.4. The minimum Gasteiger partial charge on any atom is -0.325 e. The summed E-state index contributed by atoms with van der Waals surface area (Å²) >= 11 is 2.78. The molecule has 1 aromatic heterocycles. The summed E-state index contributed by atoms with van der Waals surface area (Å²) in [5.41, 5.74) is 0.450. The molecule has 1 heterocycles. The number of anilines is 1. The van der Waals surface area contributed by atoms with Crippen LogP contribution in [-0.4, -0.2) is 21.4 Å². The lowest BCUT2D eigenvalue weighted by atomic mass is 10.3. The summed E-state index contributed by atoms with van der Waals surface area (Å²) in [7, 11) is 0. The first-order valence-corrected chi connectivity index (χ1v) is 7.27. The number of benzene rings is 1. The number of amides is 1. The first kappa shape index (κ1) is 14.0. The summed E-state index contributed by atoms with van der Waals surface area (Å²) in [6.07, 6.45) is 0. The molecular formula is C12H12FN3OS2. The van der Waals surface area contributed by atoms with Crippen LogP contribution >= 0.6 is 23.1 Å². The second-order valence-electron chi connectivity index (χ2n) is 3.85. The van der Waals surface area contributed by atoms with E-state index in [9.17, 15) is 9.18 Å². The molecule has 19 heavy (non-hydrogen) atoms. The van der Waals surface area contributed by atoms with Crippen LogP contribution in [0.3, 0.4) is 0 Å². The van der Waals surface area contributed by atoms with Crippen LogP contribution in [0.1, 0.15) is 11.9 Å². The van der Waals surface area contributed by atoms with Gasteiger partial charge in [-0.3, -0.25) is 4.79 Å². The lowest BCUT2D eigenvalue weighted by Crippen LogP contribution is -2.22. The zero-order valence-corrected chi connectivity index (χ0v) is 12.0. The molecule has 0 fully saturated rings. The van der Waals surface area contributed by atoms with Crippen molar-refractivity contribution in [1.29, 1.82) is 0 Å². The van der Waals surface area contributed by atoms with Crippen LogP contribution in [0.15, 0.2) is 28.6 Å². The summed E-state index contributed by atoms with van der Waals surface area (Å²) in [5, 5.41) is 11.0. The Labute approximate surface area is 118 Å². The van der Waals surface area contributed by atoms with Crippen molar-refractivity contribution in [2.24, 2.45) is 0 Å². The van der Waals surface area contributed by atoms with Crippen LogP contribution in [0.4, 0.5) is 10.1 Å². The lowest BCUT2D eigenvalue weighted by molar-refractivity contribution is -0.115. The van der Waals surface area contributed by atoms with Gasteiger partial charge in [0.15, 0.2) is 4.34 Å². The number of hydrogen-bond acceptors (Lipinski definition) is 5. The van der Waals surface area contributed by atoms with Gasteiger partial charge < -0.3 is 5.32 Å². The molecule has 7 heteroatoms. The molecule has 2 rings (SSSR count). The molecule has 0 radical (unpaired) electrons. The van der Waals surface area contributed by atoms with Crippen molar-refractivity contribution >= 4 is 34.7 Å². The summed E-state index contributed by atoms with van der Waals surface area (Å²) in [6, 6.07) is 5.81. The third-order valence-electron chi connectivity index (χ3n) is 2.25. The third-order valence-corrected chi connectivity index (χ3v) is 4.27. The van der Waals surface area contributed by atoms with E-state index >= 15 is 0 Å². The molecule has 0 unspecified atom stereocenters. The smallest absolute Gasteiger partial charge is 0.237 e. The van der Waals surface area contributed by atoms with E-state index in [4.69, 9.17) is 0 Å². The van der Waals surface area contributed by atoms with Gasteiger partial charge in [-0.1, -0.05) is 29.2 Å². The van der Waals surface area contributed by atoms with E-state index < -0.39 is 0 Å². The van der Waals surface area contributed by atoms with Crippen molar-refractivity contribution in [1.82, 2.24) is 10.2 Å². The van der Waals surface area contributed by atoms with Gasteiger partial charge in [-0.15, -0.1) is 10.2 Å². The summed E-state index contributed by atoms with van der Waals surface area (Å²) < 4.78 is 13.7. The zero-order chi connectivity index (χ0) is 13.8. The molecule has 1 amide bonds. The molecule has 0 aliphatic carbocycles. The van der Waals surface area contributed by atoms with Crippen LogP contribution in [0.2, 0.25) is 0 Å². The highest BCUT2D eigenvalue weighted by atomic mass is 32.2. The summed E-state index contributed by atoms with van der Waals surface area (Å²) in [4.78, 5) is 11.9. The van der Waals surface area contributed by atoms with Crippen molar-refractivity contribution in [2.45, 2.75) is 23.4 Å². The number of thioether (sulfide) groups is 1. The van der Waals surface area contributed by atoms with Crippen LogP contribution < -0.4 is 5.32 Å². The van der Waals surface area contributed by atoms with Crippen molar-refractivity contribution in [2.75, 3.05) is 5.32 Å². The highest BCUT2D eigenvalue weighted by Gasteiger charge is 2.16. The van der Waals surface area contributed by atoms with E-state index in [-0.39, 0.29) is 17.0 Å². The highest BCUT2D eigenvalue weighted by Crippen LogP contribution is 2.26. The molecule has 1 atom stereocenters. The monoisotopic (exact) mass is 297 g/mol. The first-order chi connectivity index (χ1) is 9.04. The molecule has 0 spiro atoms. The predicted octanol–water partition coefficient (Wildman–Crippen LogP) is 3.10. The van der Waals surface area contributed by atoms with Crippen molar-refractivity contribution in [3.63, 3.8) is 0 Å². The molecule has 0 aliphatic heterocycles. The van der Waals surface area contributed by atoms with Gasteiger partial charge in [0.1, 0.15) is 10.8 Å². The van der Waals surface area contributed by atoms with Gasteiger partial charge in [0.2, 0.25) is 5.91 Å². The molecule has 0 bridgehead atoms. The Kier molecular flexibility index (Phi) is 4.49. The van der Waals surface area contributed by atoms with E-state index in [2.05, 4.69) is 15.5 Å². The molecule has 1 N–H and O–H groups in total. The van der Waals surface area contributed by atoms with Crippen molar-refractivity contribution in [3.8, 4) is 0 Å². The van der Waals surface area contributed by atoms with Crippen LogP contribution in [-0.2, 0) is 4.79 Å². The maximum absolute atomic E-state index is 13.0. The molecule has 2 aromatic rings. The van der Waals surface area contributed by atoms with Gasteiger partial charge in [-0.05, 0) is 32.0 Å².